The smallest absolute Gasteiger partial charge is 0.00727 e. The summed E-state index contributed by atoms with van der Waals surface area (Å²) in [7, 11) is 0. The Kier molecular flexibility index (Phi) is 2.19. The van der Waals surface area contributed by atoms with Crippen molar-refractivity contribution in [2.45, 2.75) is 90.0 Å². The van der Waals surface area contributed by atoms with Gasteiger partial charge in [-0.15, -0.1) is 0 Å². The molecule has 6 aliphatic rings. The molecule has 6 aliphatic carbocycles. The molecule has 6 rings (SSSR count). The zero-order valence-electron chi connectivity index (χ0n) is 14.4. The molecule has 0 radical (unpaired) electrons. The second-order valence-electron chi connectivity index (χ2n) is 10.8. The molecule has 1 heteroatoms. The van der Waals surface area contributed by atoms with Crippen LogP contribution in [0.2, 0.25) is 0 Å². The summed E-state index contributed by atoms with van der Waals surface area (Å²) < 4.78 is 0. The zero-order chi connectivity index (χ0) is 14.8. The molecule has 0 aliphatic heterocycles. The molecule has 0 heterocycles. The third-order valence-corrected chi connectivity index (χ3v) is 10.9. The Morgan fingerprint density at radius 3 is 2.32 bits per heavy atom. The van der Waals surface area contributed by atoms with Crippen molar-refractivity contribution < 1.29 is 0 Å². The van der Waals surface area contributed by atoms with Gasteiger partial charge in [0, 0.05) is 6.04 Å². The van der Waals surface area contributed by atoms with Crippen molar-refractivity contribution in [2.24, 2.45) is 45.1 Å². The Labute approximate surface area is 135 Å². The molecule has 6 atom stereocenters. The van der Waals surface area contributed by atoms with E-state index in [9.17, 15) is 0 Å². The highest BCUT2D eigenvalue weighted by Crippen LogP contribution is 2.89. The molecule has 1 nitrogen and oxygen atoms in total. The summed E-state index contributed by atoms with van der Waals surface area (Å²) in [5.41, 5.74) is 9.80. The molecule has 0 aromatic rings. The third-order valence-electron chi connectivity index (χ3n) is 10.9. The lowest BCUT2D eigenvalue weighted by molar-refractivity contribution is -0.296. The average molecular weight is 300 g/mol. The van der Waals surface area contributed by atoms with Crippen LogP contribution in [0.15, 0.2) is 0 Å². The lowest BCUT2D eigenvalue weighted by atomic mass is 9.25. The van der Waals surface area contributed by atoms with Gasteiger partial charge in [-0.25, -0.2) is 0 Å². The van der Waals surface area contributed by atoms with Crippen LogP contribution in [0.1, 0.15) is 84.0 Å². The first-order chi connectivity index (χ1) is 10.6. The molecular weight excluding hydrogens is 266 g/mol. The van der Waals surface area contributed by atoms with E-state index in [2.05, 4.69) is 6.92 Å². The molecule has 3 spiro atoms. The molecule has 6 unspecified atom stereocenters. The van der Waals surface area contributed by atoms with Gasteiger partial charge in [0.05, 0.1) is 0 Å². The number of fused-ring (bicyclic) bond motifs is 2. The first-order valence-corrected chi connectivity index (χ1v) is 10.3. The minimum atomic E-state index is 0.529. The Morgan fingerprint density at radius 2 is 1.68 bits per heavy atom. The maximum absolute atomic E-state index is 6.61. The molecule has 6 saturated carbocycles. The second kappa shape index (κ2) is 3.63. The predicted molar refractivity (Wildman–Crippen MR) is 89.3 cm³/mol. The van der Waals surface area contributed by atoms with Crippen LogP contribution < -0.4 is 5.73 Å². The molecule has 0 aromatic carbocycles. The van der Waals surface area contributed by atoms with Gasteiger partial charge in [-0.2, -0.15) is 0 Å². The highest BCUT2D eigenvalue weighted by atomic mass is 14.9. The van der Waals surface area contributed by atoms with Crippen LogP contribution in [-0.2, 0) is 0 Å². The van der Waals surface area contributed by atoms with E-state index in [0.29, 0.717) is 6.04 Å². The van der Waals surface area contributed by atoms with E-state index in [1.807, 2.05) is 0 Å². The van der Waals surface area contributed by atoms with Crippen LogP contribution in [0.3, 0.4) is 0 Å². The minimum absolute atomic E-state index is 0.529. The summed E-state index contributed by atoms with van der Waals surface area (Å²) >= 11 is 0. The number of nitrogens with two attached hydrogens (primary N) is 1. The first kappa shape index (κ1) is 13.3. The van der Waals surface area contributed by atoms with Gasteiger partial charge in [-0.3, -0.25) is 0 Å². The van der Waals surface area contributed by atoms with Gasteiger partial charge in [0.2, 0.25) is 0 Å². The van der Waals surface area contributed by atoms with Crippen molar-refractivity contribution in [1.29, 1.82) is 0 Å². The average Bonchev–Trinajstić information content (AvgIpc) is 2.82. The zero-order valence-corrected chi connectivity index (χ0v) is 14.4. The summed E-state index contributed by atoms with van der Waals surface area (Å²) in [6, 6.07) is 0.529. The molecule has 122 valence electrons. The van der Waals surface area contributed by atoms with E-state index in [4.69, 9.17) is 5.73 Å². The highest BCUT2D eigenvalue weighted by molar-refractivity contribution is 5.29. The fourth-order valence-corrected chi connectivity index (χ4v) is 9.85. The molecule has 22 heavy (non-hydrogen) atoms. The third kappa shape index (κ3) is 1.09. The summed E-state index contributed by atoms with van der Waals surface area (Å²) in [5, 5.41) is 0. The summed E-state index contributed by atoms with van der Waals surface area (Å²) in [5.74, 6) is 2.81. The molecule has 2 N–H and O–H groups in total. The van der Waals surface area contributed by atoms with Crippen LogP contribution in [0.25, 0.3) is 0 Å². The van der Waals surface area contributed by atoms with E-state index in [0.717, 1.165) is 39.4 Å². The van der Waals surface area contributed by atoms with Gasteiger partial charge in [-0.05, 0) is 104 Å². The van der Waals surface area contributed by atoms with Crippen molar-refractivity contribution in [1.82, 2.24) is 0 Å². The van der Waals surface area contributed by atoms with Gasteiger partial charge in [0.1, 0.15) is 0 Å². The van der Waals surface area contributed by atoms with Crippen LogP contribution in [-0.4, -0.2) is 6.04 Å². The Balaban J connectivity index is 1.41. The Morgan fingerprint density at radius 1 is 0.909 bits per heavy atom. The van der Waals surface area contributed by atoms with Crippen molar-refractivity contribution in [2.75, 3.05) is 0 Å². The molecule has 0 aromatic heterocycles. The van der Waals surface area contributed by atoms with Gasteiger partial charge in [0.15, 0.2) is 0 Å². The normalized spacial score (nSPS) is 59.2. The van der Waals surface area contributed by atoms with Crippen molar-refractivity contribution >= 4 is 0 Å². The lowest BCUT2D eigenvalue weighted by Gasteiger charge is -2.79. The van der Waals surface area contributed by atoms with Crippen LogP contribution >= 0.6 is 0 Å². The summed E-state index contributed by atoms with van der Waals surface area (Å²) in [4.78, 5) is 0. The van der Waals surface area contributed by atoms with Gasteiger partial charge >= 0.3 is 0 Å². The van der Waals surface area contributed by atoms with Crippen molar-refractivity contribution in [3.05, 3.63) is 0 Å². The number of rotatable bonds is 0. The van der Waals surface area contributed by atoms with E-state index in [1.54, 1.807) is 51.4 Å². The number of hydrogen-bond acceptors (Lipinski definition) is 1. The largest absolute Gasteiger partial charge is 0.327 e. The van der Waals surface area contributed by atoms with Crippen LogP contribution in [0.4, 0.5) is 0 Å². The molecule has 6 fully saturated rings. The molecular formula is C21H33N. The number of hydrogen-bond donors (Lipinski definition) is 1. The highest BCUT2D eigenvalue weighted by Gasteiger charge is 2.80. The SMILES string of the molecule is CC1CC(N)C2CCC13CC1(CC23)CC2(CCC2)C12CCC2. The van der Waals surface area contributed by atoms with Gasteiger partial charge < -0.3 is 5.73 Å². The lowest BCUT2D eigenvalue weighted by Crippen LogP contribution is -2.70. The van der Waals surface area contributed by atoms with Crippen molar-refractivity contribution in [3.63, 3.8) is 0 Å². The maximum Gasteiger partial charge on any atom is 0.00727 e. The minimum Gasteiger partial charge on any atom is -0.327 e. The fourth-order valence-electron chi connectivity index (χ4n) is 9.85. The van der Waals surface area contributed by atoms with Crippen molar-refractivity contribution in [3.8, 4) is 0 Å². The van der Waals surface area contributed by atoms with Crippen LogP contribution in [0, 0.1) is 39.4 Å². The molecule has 2 bridgehead atoms. The predicted octanol–water partition coefficient (Wildman–Crippen LogP) is 4.89. The van der Waals surface area contributed by atoms with E-state index < -0.39 is 0 Å². The van der Waals surface area contributed by atoms with Crippen LogP contribution in [0.5, 0.6) is 0 Å². The quantitative estimate of drug-likeness (QED) is 0.677. The Hall–Kier alpha value is -0.0400. The molecule has 0 saturated heterocycles. The topological polar surface area (TPSA) is 26.0 Å². The van der Waals surface area contributed by atoms with E-state index in [-0.39, 0.29) is 0 Å². The standard InChI is InChI=1S/C21H33N/c1-14-10-17(22)15-4-9-20(14)13-19(11-16(15)20)12-18(5-2-6-18)21(19)7-3-8-21/h14-17H,2-13,22H2,1H3. The van der Waals surface area contributed by atoms with Gasteiger partial charge in [0.25, 0.3) is 0 Å². The second-order valence-corrected chi connectivity index (χ2v) is 10.8. The fraction of sp³-hybridized carbons (Fsp3) is 1.00. The van der Waals surface area contributed by atoms with E-state index in [1.165, 1.54) is 25.7 Å². The summed E-state index contributed by atoms with van der Waals surface area (Å²) in [6.07, 6.45) is 18.6. The Bertz CT molecular complexity index is 530. The monoisotopic (exact) mass is 299 g/mol. The molecule has 0 amide bonds. The maximum atomic E-state index is 6.61. The summed E-state index contributed by atoms with van der Waals surface area (Å²) in [6.45, 7) is 2.57. The first-order valence-electron chi connectivity index (χ1n) is 10.3. The van der Waals surface area contributed by atoms with E-state index >= 15 is 0 Å². The van der Waals surface area contributed by atoms with Gasteiger partial charge in [-0.1, -0.05) is 19.8 Å².